The van der Waals surface area contributed by atoms with Gasteiger partial charge in [-0.1, -0.05) is 6.92 Å². The van der Waals surface area contributed by atoms with Gasteiger partial charge in [0.2, 0.25) is 0 Å². The van der Waals surface area contributed by atoms with Crippen molar-refractivity contribution in [2.24, 2.45) is 0 Å². The van der Waals surface area contributed by atoms with Gasteiger partial charge in [0.15, 0.2) is 5.54 Å². The van der Waals surface area contributed by atoms with E-state index in [1.165, 1.54) is 11.3 Å². The zero-order valence-corrected chi connectivity index (χ0v) is 10.9. The van der Waals surface area contributed by atoms with Crippen LogP contribution in [0.25, 0.3) is 0 Å². The van der Waals surface area contributed by atoms with E-state index in [0.717, 1.165) is 12.0 Å². The molecule has 2 N–H and O–H groups in total. The van der Waals surface area contributed by atoms with E-state index < -0.39 is 11.5 Å². The summed E-state index contributed by atoms with van der Waals surface area (Å²) in [5.74, 6) is -1.36. The molecule has 0 radical (unpaired) electrons. The Labute approximate surface area is 109 Å². The van der Waals surface area contributed by atoms with E-state index in [9.17, 15) is 14.7 Å². The molecule has 1 fully saturated rings. The van der Waals surface area contributed by atoms with Crippen LogP contribution in [0.1, 0.15) is 28.6 Å². The summed E-state index contributed by atoms with van der Waals surface area (Å²) < 4.78 is 5.10. The SMILES string of the molecule is CCc1ccsc1C(=O)NC1(C(=O)O)CCOC1. The number of carbonyl (C=O) groups is 2. The van der Waals surface area contributed by atoms with E-state index in [1.54, 1.807) is 0 Å². The molecule has 6 heteroatoms. The van der Waals surface area contributed by atoms with Crippen molar-refractivity contribution in [2.45, 2.75) is 25.3 Å². The largest absolute Gasteiger partial charge is 0.479 e. The molecule has 5 nitrogen and oxygen atoms in total. The van der Waals surface area contributed by atoms with Gasteiger partial charge in [0.1, 0.15) is 0 Å². The van der Waals surface area contributed by atoms with Crippen LogP contribution in [-0.4, -0.2) is 35.7 Å². The number of hydrogen-bond acceptors (Lipinski definition) is 4. The molecule has 1 saturated heterocycles. The number of amides is 1. The van der Waals surface area contributed by atoms with Crippen LogP contribution in [0.5, 0.6) is 0 Å². The second-order valence-electron chi connectivity index (χ2n) is 4.27. The minimum absolute atomic E-state index is 0.0287. The molecule has 0 bridgehead atoms. The predicted molar refractivity (Wildman–Crippen MR) is 67.0 cm³/mol. The molecular formula is C12H15NO4S. The number of aryl methyl sites for hydroxylation is 1. The summed E-state index contributed by atoms with van der Waals surface area (Å²) in [6.07, 6.45) is 1.06. The van der Waals surface area contributed by atoms with Crippen LogP contribution in [0.3, 0.4) is 0 Å². The van der Waals surface area contributed by atoms with Gasteiger partial charge in [0.05, 0.1) is 11.5 Å². The summed E-state index contributed by atoms with van der Waals surface area (Å²) in [6.45, 7) is 2.35. The number of nitrogens with one attached hydrogen (secondary N) is 1. The number of carboxylic acids is 1. The molecule has 1 aliphatic rings. The molecule has 1 unspecified atom stereocenters. The normalized spacial score (nSPS) is 22.9. The molecule has 98 valence electrons. The first-order valence-electron chi connectivity index (χ1n) is 5.79. The molecule has 2 heterocycles. The number of thiophene rings is 1. The number of aliphatic carboxylic acids is 1. The van der Waals surface area contributed by atoms with Gasteiger partial charge in [-0.3, -0.25) is 4.79 Å². The molecule has 2 rings (SSSR count). The zero-order valence-electron chi connectivity index (χ0n) is 10.1. The fourth-order valence-electron chi connectivity index (χ4n) is 1.97. The quantitative estimate of drug-likeness (QED) is 0.863. The Bertz CT molecular complexity index is 462. The molecule has 1 amide bonds. The van der Waals surface area contributed by atoms with Crippen molar-refractivity contribution in [2.75, 3.05) is 13.2 Å². The fraction of sp³-hybridized carbons (Fsp3) is 0.500. The van der Waals surface area contributed by atoms with Crippen molar-refractivity contribution in [3.8, 4) is 0 Å². The first-order valence-corrected chi connectivity index (χ1v) is 6.67. The van der Waals surface area contributed by atoms with E-state index in [2.05, 4.69) is 5.32 Å². The van der Waals surface area contributed by atoms with Crippen molar-refractivity contribution < 1.29 is 19.4 Å². The van der Waals surface area contributed by atoms with Crippen molar-refractivity contribution in [1.82, 2.24) is 5.32 Å². The molecular weight excluding hydrogens is 254 g/mol. The van der Waals surface area contributed by atoms with E-state index in [-0.39, 0.29) is 12.5 Å². The van der Waals surface area contributed by atoms with Gasteiger partial charge in [-0.15, -0.1) is 11.3 Å². The van der Waals surface area contributed by atoms with Crippen molar-refractivity contribution >= 4 is 23.2 Å². The van der Waals surface area contributed by atoms with Crippen LogP contribution in [-0.2, 0) is 16.0 Å². The summed E-state index contributed by atoms with van der Waals surface area (Å²) in [6, 6.07) is 1.89. The van der Waals surface area contributed by atoms with Gasteiger partial charge in [0, 0.05) is 13.0 Å². The third kappa shape index (κ3) is 2.26. The number of hydrogen-bond donors (Lipinski definition) is 2. The molecule has 0 spiro atoms. The van der Waals surface area contributed by atoms with Gasteiger partial charge >= 0.3 is 5.97 Å². The lowest BCUT2D eigenvalue weighted by atomic mass is 9.98. The Kier molecular flexibility index (Phi) is 3.68. The number of carbonyl (C=O) groups excluding carboxylic acids is 1. The van der Waals surface area contributed by atoms with Crippen LogP contribution in [0.4, 0.5) is 0 Å². The van der Waals surface area contributed by atoms with Gasteiger partial charge in [-0.25, -0.2) is 4.79 Å². The molecule has 18 heavy (non-hydrogen) atoms. The maximum atomic E-state index is 12.1. The fourth-order valence-corrected chi connectivity index (χ4v) is 2.86. The third-order valence-corrected chi connectivity index (χ3v) is 4.07. The minimum Gasteiger partial charge on any atom is -0.479 e. The highest BCUT2D eigenvalue weighted by Crippen LogP contribution is 2.22. The number of ether oxygens (including phenoxy) is 1. The Morgan fingerprint density at radius 1 is 1.61 bits per heavy atom. The van der Waals surface area contributed by atoms with Gasteiger partial charge in [0.25, 0.3) is 5.91 Å². The van der Waals surface area contributed by atoms with Crippen molar-refractivity contribution in [3.05, 3.63) is 21.9 Å². The highest BCUT2D eigenvalue weighted by Gasteiger charge is 2.44. The Morgan fingerprint density at radius 2 is 2.39 bits per heavy atom. The summed E-state index contributed by atoms with van der Waals surface area (Å²) >= 11 is 1.33. The maximum Gasteiger partial charge on any atom is 0.331 e. The second kappa shape index (κ2) is 5.07. The van der Waals surface area contributed by atoms with Crippen LogP contribution in [0.15, 0.2) is 11.4 Å². The average Bonchev–Trinajstić information content (AvgIpc) is 2.97. The molecule has 1 aliphatic heterocycles. The number of carboxylic acid groups (broad SMARTS) is 1. The molecule has 0 aromatic carbocycles. The third-order valence-electron chi connectivity index (χ3n) is 3.12. The Hall–Kier alpha value is -1.40. The smallest absolute Gasteiger partial charge is 0.331 e. The molecule has 1 atom stereocenters. The van der Waals surface area contributed by atoms with Crippen molar-refractivity contribution in [3.63, 3.8) is 0 Å². The summed E-state index contributed by atoms with van der Waals surface area (Å²) in [5, 5.41) is 13.7. The topological polar surface area (TPSA) is 75.6 Å². The predicted octanol–water partition coefficient (Wildman–Crippen LogP) is 1.28. The van der Waals surface area contributed by atoms with E-state index >= 15 is 0 Å². The lowest BCUT2D eigenvalue weighted by Gasteiger charge is -2.23. The lowest BCUT2D eigenvalue weighted by molar-refractivity contribution is -0.144. The van der Waals surface area contributed by atoms with Crippen LogP contribution in [0, 0.1) is 0 Å². The van der Waals surface area contributed by atoms with Crippen LogP contribution >= 0.6 is 11.3 Å². The maximum absolute atomic E-state index is 12.1. The summed E-state index contributed by atoms with van der Waals surface area (Å²) in [5.41, 5.74) is -0.330. The van der Waals surface area contributed by atoms with Gasteiger partial charge < -0.3 is 15.2 Å². The highest BCUT2D eigenvalue weighted by molar-refractivity contribution is 7.12. The monoisotopic (exact) mass is 269 g/mol. The lowest BCUT2D eigenvalue weighted by Crippen LogP contribution is -2.55. The van der Waals surface area contributed by atoms with Crippen molar-refractivity contribution in [1.29, 1.82) is 0 Å². The summed E-state index contributed by atoms with van der Waals surface area (Å²) in [7, 11) is 0. The zero-order chi connectivity index (χ0) is 13.2. The molecule has 1 aromatic heterocycles. The van der Waals surface area contributed by atoms with E-state index in [0.29, 0.717) is 17.9 Å². The average molecular weight is 269 g/mol. The van der Waals surface area contributed by atoms with E-state index in [4.69, 9.17) is 4.74 Å². The molecule has 1 aromatic rings. The minimum atomic E-state index is -1.27. The molecule has 0 saturated carbocycles. The van der Waals surface area contributed by atoms with Gasteiger partial charge in [-0.2, -0.15) is 0 Å². The molecule has 0 aliphatic carbocycles. The Morgan fingerprint density at radius 3 is 2.94 bits per heavy atom. The Balaban J connectivity index is 2.18. The first kappa shape index (κ1) is 13.0. The van der Waals surface area contributed by atoms with E-state index in [1.807, 2.05) is 18.4 Å². The van der Waals surface area contributed by atoms with Crippen LogP contribution in [0.2, 0.25) is 0 Å². The second-order valence-corrected chi connectivity index (χ2v) is 5.19. The first-order chi connectivity index (χ1) is 8.59. The van der Waals surface area contributed by atoms with Gasteiger partial charge in [-0.05, 0) is 23.4 Å². The standard InChI is InChI=1S/C12H15NO4S/c1-2-8-3-6-18-9(8)10(14)13-12(11(15)16)4-5-17-7-12/h3,6H,2,4-5,7H2,1H3,(H,13,14)(H,15,16). The van der Waals surface area contributed by atoms with Crippen LogP contribution < -0.4 is 5.32 Å². The highest BCUT2D eigenvalue weighted by atomic mass is 32.1. The number of rotatable bonds is 4. The summed E-state index contributed by atoms with van der Waals surface area (Å²) in [4.78, 5) is 24.0.